The van der Waals surface area contributed by atoms with Gasteiger partial charge in [-0.3, -0.25) is 0 Å². The Morgan fingerprint density at radius 3 is 2.32 bits per heavy atom. The van der Waals surface area contributed by atoms with Crippen molar-refractivity contribution < 1.29 is 15.3 Å². The number of fused-ring (bicyclic) bond motifs is 5. The first kappa shape index (κ1) is 24.0. The van der Waals surface area contributed by atoms with Gasteiger partial charge in [0, 0.05) is 6.61 Å². The third kappa shape index (κ3) is 4.26. The van der Waals surface area contributed by atoms with Crippen LogP contribution in [0.25, 0.3) is 0 Å². The second-order valence-electron chi connectivity index (χ2n) is 13.6. The second-order valence-corrected chi connectivity index (χ2v) is 13.6. The highest BCUT2D eigenvalue weighted by atomic mass is 16.3. The van der Waals surface area contributed by atoms with Crippen molar-refractivity contribution in [3.63, 3.8) is 0 Å². The van der Waals surface area contributed by atoms with Crippen molar-refractivity contribution in [3.8, 4) is 0 Å². The van der Waals surface area contributed by atoms with Gasteiger partial charge >= 0.3 is 0 Å². The van der Waals surface area contributed by atoms with Crippen LogP contribution in [-0.4, -0.2) is 33.1 Å². The van der Waals surface area contributed by atoms with Crippen LogP contribution in [-0.2, 0) is 0 Å². The molecular weight excluding hydrogens is 384 g/mol. The minimum Gasteiger partial charge on any atom is -0.396 e. The van der Waals surface area contributed by atoms with E-state index in [4.69, 9.17) is 0 Å². The number of aliphatic hydroxyl groups is 3. The fourth-order valence-electron chi connectivity index (χ4n) is 9.51. The zero-order valence-corrected chi connectivity index (χ0v) is 21.0. The number of hydrogen-bond acceptors (Lipinski definition) is 3. The molecule has 0 aromatic heterocycles. The summed E-state index contributed by atoms with van der Waals surface area (Å²) in [5.41, 5.74) is -0.258. The van der Waals surface area contributed by atoms with Crippen LogP contribution in [0.4, 0.5) is 0 Å². The minimum atomic E-state index is -0.727. The lowest BCUT2D eigenvalue weighted by Crippen LogP contribution is -2.55. The molecule has 4 saturated carbocycles. The highest BCUT2D eigenvalue weighted by molar-refractivity contribution is 5.10. The molecule has 3 nitrogen and oxygen atoms in total. The average molecular weight is 435 g/mol. The van der Waals surface area contributed by atoms with Gasteiger partial charge in [0.2, 0.25) is 0 Å². The van der Waals surface area contributed by atoms with E-state index < -0.39 is 11.2 Å². The summed E-state index contributed by atoms with van der Waals surface area (Å²) in [6.45, 7) is 11.7. The van der Waals surface area contributed by atoms with Crippen molar-refractivity contribution in [2.75, 3.05) is 6.61 Å². The van der Waals surface area contributed by atoms with Gasteiger partial charge in [0.15, 0.2) is 0 Å². The highest BCUT2D eigenvalue weighted by Gasteiger charge is 2.61. The molecule has 0 aromatic carbocycles. The maximum atomic E-state index is 10.7. The van der Waals surface area contributed by atoms with Gasteiger partial charge in [0.05, 0.1) is 11.2 Å². The van der Waals surface area contributed by atoms with Gasteiger partial charge in [-0.25, -0.2) is 0 Å². The summed E-state index contributed by atoms with van der Waals surface area (Å²) >= 11 is 0. The molecule has 0 aliphatic heterocycles. The third-order valence-corrected chi connectivity index (χ3v) is 11.5. The average Bonchev–Trinajstić information content (AvgIpc) is 3.04. The summed E-state index contributed by atoms with van der Waals surface area (Å²) in [5, 5.41) is 30.5. The molecule has 4 rings (SSSR count). The van der Waals surface area contributed by atoms with Gasteiger partial charge in [0.25, 0.3) is 0 Å². The lowest BCUT2D eigenvalue weighted by Gasteiger charge is -2.62. The summed E-state index contributed by atoms with van der Waals surface area (Å²) in [6.07, 6.45) is 13.8. The topological polar surface area (TPSA) is 60.7 Å². The van der Waals surface area contributed by atoms with E-state index in [1.54, 1.807) is 0 Å². The monoisotopic (exact) mass is 434 g/mol. The van der Waals surface area contributed by atoms with Gasteiger partial charge in [-0.05, 0) is 137 Å². The smallest absolute Gasteiger partial charge is 0.0641 e. The Labute approximate surface area is 191 Å². The summed E-state index contributed by atoms with van der Waals surface area (Å²) in [7, 11) is 0. The Balaban J connectivity index is 1.45. The molecule has 1 unspecified atom stereocenters. The van der Waals surface area contributed by atoms with E-state index in [2.05, 4.69) is 27.7 Å². The molecule has 0 radical (unpaired) electrons. The zero-order valence-electron chi connectivity index (χ0n) is 21.0. The molecule has 31 heavy (non-hydrogen) atoms. The fourth-order valence-corrected chi connectivity index (χ4v) is 9.51. The Hall–Kier alpha value is -0.120. The van der Waals surface area contributed by atoms with Gasteiger partial charge < -0.3 is 15.3 Å². The van der Waals surface area contributed by atoms with Crippen LogP contribution in [0.2, 0.25) is 0 Å². The van der Waals surface area contributed by atoms with Gasteiger partial charge in [0.1, 0.15) is 0 Å². The van der Waals surface area contributed by atoms with E-state index in [1.165, 1.54) is 44.9 Å². The second kappa shape index (κ2) is 8.27. The summed E-state index contributed by atoms with van der Waals surface area (Å²) in [4.78, 5) is 0. The standard InChI is InChI=1S/C28H50O3/c1-19(10-12-25(2,30)16-17-29)22-8-9-23-21-7-6-20-18-26(3,31)14-15-27(20,4)24(21)11-13-28(22,23)5/h19-24,29-31H,6-18H2,1-5H3/t19-,20+,21+,22?,23+,24+,25+,26+,27+,28-/m1/s1. The van der Waals surface area contributed by atoms with Gasteiger partial charge in [-0.1, -0.05) is 20.8 Å². The van der Waals surface area contributed by atoms with Gasteiger partial charge in [-0.15, -0.1) is 0 Å². The molecule has 180 valence electrons. The van der Waals surface area contributed by atoms with E-state index >= 15 is 0 Å². The Morgan fingerprint density at radius 1 is 0.903 bits per heavy atom. The first-order valence-corrected chi connectivity index (χ1v) is 13.5. The number of rotatable bonds is 6. The lowest BCUT2D eigenvalue weighted by atomic mass is 9.43. The number of aliphatic hydroxyl groups excluding tert-OH is 1. The first-order chi connectivity index (χ1) is 14.4. The molecule has 0 bridgehead atoms. The van der Waals surface area contributed by atoms with E-state index in [0.29, 0.717) is 29.1 Å². The molecule has 4 aliphatic rings. The molecular formula is C28H50O3. The molecule has 0 spiro atoms. The molecule has 0 amide bonds. The normalized spacial score (nSPS) is 50.1. The Bertz CT molecular complexity index is 642. The van der Waals surface area contributed by atoms with Crippen molar-refractivity contribution in [3.05, 3.63) is 0 Å². The highest BCUT2D eigenvalue weighted by Crippen LogP contribution is 2.68. The summed E-state index contributed by atoms with van der Waals surface area (Å²) < 4.78 is 0. The Morgan fingerprint density at radius 2 is 1.61 bits per heavy atom. The predicted octanol–water partition coefficient (Wildman–Crippen LogP) is 5.95. The quantitative estimate of drug-likeness (QED) is 0.484. The number of hydrogen-bond donors (Lipinski definition) is 3. The van der Waals surface area contributed by atoms with Crippen LogP contribution in [0.15, 0.2) is 0 Å². The van der Waals surface area contributed by atoms with Gasteiger partial charge in [-0.2, -0.15) is 0 Å². The van der Waals surface area contributed by atoms with E-state index in [1.807, 2.05) is 6.92 Å². The molecule has 3 N–H and O–H groups in total. The van der Waals surface area contributed by atoms with Crippen LogP contribution in [0.3, 0.4) is 0 Å². The van der Waals surface area contributed by atoms with Crippen LogP contribution >= 0.6 is 0 Å². The van der Waals surface area contributed by atoms with Crippen LogP contribution < -0.4 is 0 Å². The molecule has 0 heterocycles. The van der Waals surface area contributed by atoms with E-state index in [9.17, 15) is 15.3 Å². The van der Waals surface area contributed by atoms with Crippen molar-refractivity contribution >= 4 is 0 Å². The maximum absolute atomic E-state index is 10.7. The van der Waals surface area contributed by atoms with Crippen molar-refractivity contribution in [1.82, 2.24) is 0 Å². The van der Waals surface area contributed by atoms with Crippen LogP contribution in [0.1, 0.15) is 112 Å². The zero-order chi connectivity index (χ0) is 22.7. The molecule has 0 aromatic rings. The molecule has 10 atom stereocenters. The predicted molar refractivity (Wildman–Crippen MR) is 127 cm³/mol. The molecule has 3 heteroatoms. The molecule has 0 saturated heterocycles. The lowest BCUT2D eigenvalue weighted by molar-refractivity contribution is -0.148. The van der Waals surface area contributed by atoms with Crippen LogP contribution in [0, 0.1) is 46.3 Å². The van der Waals surface area contributed by atoms with Crippen molar-refractivity contribution in [2.24, 2.45) is 46.3 Å². The largest absolute Gasteiger partial charge is 0.396 e. The van der Waals surface area contributed by atoms with Crippen molar-refractivity contribution in [1.29, 1.82) is 0 Å². The van der Waals surface area contributed by atoms with Crippen molar-refractivity contribution in [2.45, 2.75) is 123 Å². The van der Waals surface area contributed by atoms with E-state index in [-0.39, 0.29) is 6.61 Å². The molecule has 4 fully saturated rings. The molecule has 4 aliphatic carbocycles. The third-order valence-electron chi connectivity index (χ3n) is 11.5. The summed E-state index contributed by atoms with van der Waals surface area (Å²) in [5.74, 6) is 4.76. The van der Waals surface area contributed by atoms with Crippen LogP contribution in [0.5, 0.6) is 0 Å². The Kier molecular flexibility index (Phi) is 6.41. The SMILES string of the molecule is C[C@H](CC[C@](C)(O)CCO)C1CC[C@H]2[C@@H]3CC[C@H]4C[C@@](C)(O)CC[C@]4(C)[C@H]3CC[C@]12C. The first-order valence-electron chi connectivity index (χ1n) is 13.5. The van der Waals surface area contributed by atoms with E-state index in [0.717, 1.165) is 49.4 Å². The summed E-state index contributed by atoms with van der Waals surface area (Å²) in [6, 6.07) is 0. The maximum Gasteiger partial charge on any atom is 0.0641 e. The minimum absolute atomic E-state index is 0.0723. The fraction of sp³-hybridized carbons (Fsp3) is 1.00.